The van der Waals surface area contributed by atoms with E-state index in [0.717, 1.165) is 16.7 Å². The number of methoxy groups -OCH3 is 1. The van der Waals surface area contributed by atoms with Gasteiger partial charge in [-0.2, -0.15) is 0 Å². The molecule has 0 saturated carbocycles. The molecule has 28 heavy (non-hydrogen) atoms. The van der Waals surface area contributed by atoms with Crippen molar-refractivity contribution in [3.8, 4) is 0 Å². The van der Waals surface area contributed by atoms with Gasteiger partial charge in [0.15, 0.2) is 0 Å². The summed E-state index contributed by atoms with van der Waals surface area (Å²) >= 11 is 0. The van der Waals surface area contributed by atoms with Gasteiger partial charge in [0.2, 0.25) is 11.8 Å². The fourth-order valence-electron chi connectivity index (χ4n) is 2.34. The molecule has 0 fully saturated rings. The van der Waals surface area contributed by atoms with E-state index in [2.05, 4.69) is 15.4 Å². The number of nitrogens with two attached hydrogens (primary N) is 1. The van der Waals surface area contributed by atoms with Crippen molar-refractivity contribution in [1.29, 1.82) is 0 Å². The Hall–Kier alpha value is -2.90. The first-order chi connectivity index (χ1) is 12.9. The van der Waals surface area contributed by atoms with Crippen molar-refractivity contribution in [1.82, 2.24) is 5.32 Å². The molecule has 2 aromatic carbocycles. The molecule has 2 aromatic rings. The van der Waals surface area contributed by atoms with Crippen LogP contribution < -0.4 is 16.4 Å². The highest BCUT2D eigenvalue weighted by molar-refractivity contribution is 5.95. The zero-order valence-electron chi connectivity index (χ0n) is 15.7. The summed E-state index contributed by atoms with van der Waals surface area (Å²) in [7, 11) is 1.26. The van der Waals surface area contributed by atoms with E-state index in [4.69, 9.17) is 5.73 Å². The zero-order chi connectivity index (χ0) is 19.8. The van der Waals surface area contributed by atoms with Crippen molar-refractivity contribution in [2.45, 2.75) is 19.4 Å². The summed E-state index contributed by atoms with van der Waals surface area (Å²) in [5.41, 5.74) is 9.16. The first-order valence-corrected chi connectivity index (χ1v) is 8.44. The van der Waals surface area contributed by atoms with Crippen LogP contribution in [0.4, 0.5) is 5.69 Å². The van der Waals surface area contributed by atoms with E-state index in [1.807, 2.05) is 31.2 Å². The molecule has 8 heteroatoms. The van der Waals surface area contributed by atoms with Gasteiger partial charge in [-0.15, -0.1) is 12.4 Å². The van der Waals surface area contributed by atoms with Crippen LogP contribution >= 0.6 is 12.4 Å². The Morgan fingerprint density at radius 1 is 1.04 bits per heavy atom. The van der Waals surface area contributed by atoms with Crippen molar-refractivity contribution in [3.05, 3.63) is 65.2 Å². The Labute approximate surface area is 170 Å². The third-order valence-electron chi connectivity index (χ3n) is 3.96. The highest BCUT2D eigenvalue weighted by atomic mass is 35.5. The molecule has 0 saturated heterocycles. The molecule has 4 N–H and O–H groups in total. The molecule has 0 bridgehead atoms. The first kappa shape index (κ1) is 23.1. The van der Waals surface area contributed by atoms with Gasteiger partial charge in [-0.1, -0.05) is 42.0 Å². The molecule has 2 rings (SSSR count). The van der Waals surface area contributed by atoms with Crippen LogP contribution in [0, 0.1) is 6.92 Å². The lowest BCUT2D eigenvalue weighted by atomic mass is 10.1. The van der Waals surface area contributed by atoms with Crippen LogP contribution in [0.25, 0.3) is 0 Å². The Kier molecular flexibility index (Phi) is 9.14. The fourth-order valence-corrected chi connectivity index (χ4v) is 2.34. The minimum atomic E-state index is -0.769. The minimum absolute atomic E-state index is 0. The number of anilines is 1. The molecule has 1 unspecified atom stereocenters. The number of benzene rings is 2. The van der Waals surface area contributed by atoms with Crippen LogP contribution in [0.5, 0.6) is 0 Å². The second kappa shape index (κ2) is 11.1. The topological polar surface area (TPSA) is 111 Å². The van der Waals surface area contributed by atoms with Crippen LogP contribution in [0.2, 0.25) is 0 Å². The smallest absolute Gasteiger partial charge is 0.325 e. The van der Waals surface area contributed by atoms with Gasteiger partial charge in [0, 0.05) is 5.69 Å². The molecular formula is C20H24ClN3O4. The summed E-state index contributed by atoms with van der Waals surface area (Å²) < 4.78 is 4.46. The molecule has 0 aliphatic heterocycles. The maximum Gasteiger partial charge on any atom is 0.325 e. The average Bonchev–Trinajstić information content (AvgIpc) is 2.67. The lowest BCUT2D eigenvalue weighted by Crippen LogP contribution is -2.31. The van der Waals surface area contributed by atoms with Gasteiger partial charge in [0.05, 0.1) is 13.5 Å². The fraction of sp³-hybridized carbons (Fsp3) is 0.250. The summed E-state index contributed by atoms with van der Waals surface area (Å²) in [6.45, 7) is 1.80. The number of amides is 2. The van der Waals surface area contributed by atoms with E-state index in [1.54, 1.807) is 24.3 Å². The molecule has 0 heterocycles. The summed E-state index contributed by atoms with van der Waals surface area (Å²) in [5.74, 6) is -1.12. The Bertz CT molecular complexity index is 807. The van der Waals surface area contributed by atoms with Crippen molar-refractivity contribution >= 4 is 35.9 Å². The number of aryl methyl sites for hydroxylation is 1. The Morgan fingerprint density at radius 2 is 1.64 bits per heavy atom. The van der Waals surface area contributed by atoms with Crippen LogP contribution in [0.3, 0.4) is 0 Å². The number of hydrogen-bond donors (Lipinski definition) is 3. The van der Waals surface area contributed by atoms with Gasteiger partial charge < -0.3 is 21.1 Å². The third-order valence-corrected chi connectivity index (χ3v) is 3.96. The molecule has 7 nitrogen and oxygen atoms in total. The van der Waals surface area contributed by atoms with Gasteiger partial charge >= 0.3 is 5.97 Å². The summed E-state index contributed by atoms with van der Waals surface area (Å²) in [6.07, 6.45) is 0.119. The highest BCUT2D eigenvalue weighted by Crippen LogP contribution is 2.15. The molecule has 0 aromatic heterocycles. The molecule has 150 valence electrons. The summed E-state index contributed by atoms with van der Waals surface area (Å²) in [5, 5.41) is 5.22. The van der Waals surface area contributed by atoms with E-state index >= 15 is 0 Å². The molecule has 0 aliphatic rings. The monoisotopic (exact) mass is 405 g/mol. The summed E-state index contributed by atoms with van der Waals surface area (Å²) in [4.78, 5) is 35.1. The van der Waals surface area contributed by atoms with Crippen molar-refractivity contribution in [2.24, 2.45) is 5.73 Å². The maximum atomic E-state index is 12.3. The molecule has 0 spiro atoms. The van der Waals surface area contributed by atoms with E-state index in [1.165, 1.54) is 7.11 Å². The van der Waals surface area contributed by atoms with Crippen molar-refractivity contribution in [3.63, 3.8) is 0 Å². The van der Waals surface area contributed by atoms with Gasteiger partial charge in [-0.25, -0.2) is 0 Å². The van der Waals surface area contributed by atoms with Crippen molar-refractivity contribution < 1.29 is 19.1 Å². The predicted octanol–water partition coefficient (Wildman–Crippen LogP) is 1.89. The van der Waals surface area contributed by atoms with Gasteiger partial charge in [-0.05, 0) is 30.2 Å². The second-order valence-electron chi connectivity index (χ2n) is 6.10. The maximum absolute atomic E-state index is 12.3. The van der Waals surface area contributed by atoms with Crippen LogP contribution in [0.1, 0.15) is 22.7 Å². The lowest BCUT2D eigenvalue weighted by molar-refractivity contribution is -0.141. The summed E-state index contributed by atoms with van der Waals surface area (Å²) in [6, 6.07) is 13.5. The molecule has 0 aliphatic carbocycles. The van der Waals surface area contributed by atoms with Crippen LogP contribution in [0.15, 0.2) is 48.5 Å². The largest absolute Gasteiger partial charge is 0.468 e. The number of halogens is 1. The third kappa shape index (κ3) is 7.02. The number of hydrogen-bond acceptors (Lipinski definition) is 5. The quantitative estimate of drug-likeness (QED) is 0.609. The minimum Gasteiger partial charge on any atom is -0.468 e. The van der Waals surface area contributed by atoms with Gasteiger partial charge in [0.25, 0.3) is 0 Å². The predicted molar refractivity (Wildman–Crippen MR) is 109 cm³/mol. The molecule has 2 amide bonds. The number of rotatable bonds is 7. The standard InChI is InChI=1S/C20H23N3O4.ClH/c1-13-3-7-15(8-4-13)19(21)20(26)23-16-9-5-14(6-10-16)11-17(24)22-12-18(25)27-2;/h3-10,19H,11-12,21H2,1-2H3,(H,22,24)(H,23,26);1H. The van der Waals surface area contributed by atoms with E-state index < -0.39 is 12.0 Å². The molecular weight excluding hydrogens is 382 g/mol. The van der Waals surface area contributed by atoms with Gasteiger partial charge in [0.1, 0.15) is 12.6 Å². The van der Waals surface area contributed by atoms with Crippen molar-refractivity contribution in [2.75, 3.05) is 19.0 Å². The average molecular weight is 406 g/mol. The molecule has 0 radical (unpaired) electrons. The number of esters is 1. The van der Waals surface area contributed by atoms with Crippen LogP contribution in [-0.2, 0) is 25.5 Å². The number of carbonyl (C=O) groups excluding carboxylic acids is 3. The van der Waals surface area contributed by atoms with Crippen LogP contribution in [-0.4, -0.2) is 31.4 Å². The first-order valence-electron chi connectivity index (χ1n) is 8.44. The lowest BCUT2D eigenvalue weighted by Gasteiger charge is -2.13. The normalized spacial score (nSPS) is 11.0. The van der Waals surface area contributed by atoms with Gasteiger partial charge in [-0.3, -0.25) is 14.4 Å². The number of ether oxygens (including phenoxy) is 1. The van der Waals surface area contributed by atoms with E-state index in [9.17, 15) is 14.4 Å². The van der Waals surface area contributed by atoms with E-state index in [-0.39, 0.29) is 37.2 Å². The number of nitrogens with one attached hydrogen (secondary N) is 2. The zero-order valence-corrected chi connectivity index (χ0v) is 16.5. The number of carbonyl (C=O) groups is 3. The Balaban J connectivity index is 0.00000392. The SMILES string of the molecule is COC(=O)CNC(=O)Cc1ccc(NC(=O)C(N)c2ccc(C)cc2)cc1.Cl. The van der Waals surface area contributed by atoms with E-state index in [0.29, 0.717) is 5.69 Å². The highest BCUT2D eigenvalue weighted by Gasteiger charge is 2.15. The molecule has 1 atom stereocenters. The second-order valence-corrected chi connectivity index (χ2v) is 6.10. The Morgan fingerprint density at radius 3 is 2.21 bits per heavy atom.